The molecular formula is C31H43Cl2N5O7S. The highest BCUT2D eigenvalue weighted by molar-refractivity contribution is 7.91. The molecule has 1 aliphatic heterocycles. The molecular weight excluding hydrogens is 657 g/mol. The number of likely N-dealkylation sites (tertiary alicyclic amines) is 1. The second kappa shape index (κ2) is 14.7. The molecule has 3 fully saturated rings. The van der Waals surface area contributed by atoms with E-state index in [4.69, 9.17) is 9.47 Å². The Morgan fingerprint density at radius 2 is 1.93 bits per heavy atom. The number of nitrogens with one attached hydrogen (secondary N) is 3. The zero-order valence-corrected chi connectivity index (χ0v) is 28.8. The van der Waals surface area contributed by atoms with Crippen LogP contribution in [0.5, 0.6) is 11.6 Å². The summed E-state index contributed by atoms with van der Waals surface area (Å²) in [7, 11) is -0.528. The summed E-state index contributed by atoms with van der Waals surface area (Å²) in [5.74, 6) is -0.991. The second-order valence-corrected chi connectivity index (χ2v) is 14.0. The molecule has 2 heterocycles. The van der Waals surface area contributed by atoms with E-state index in [-0.39, 0.29) is 56.0 Å². The molecule has 3 N–H and O–H groups in total. The average molecular weight is 701 g/mol. The van der Waals surface area contributed by atoms with Gasteiger partial charge in [0, 0.05) is 23.9 Å². The molecule has 1 aromatic carbocycles. The van der Waals surface area contributed by atoms with Crippen molar-refractivity contribution in [3.63, 3.8) is 0 Å². The van der Waals surface area contributed by atoms with Crippen molar-refractivity contribution in [2.24, 2.45) is 11.8 Å². The molecule has 3 aliphatic rings. The number of nitrogens with zero attached hydrogens (tertiary/aromatic N) is 2. The van der Waals surface area contributed by atoms with Gasteiger partial charge in [-0.3, -0.25) is 19.1 Å². The van der Waals surface area contributed by atoms with Crippen LogP contribution in [0.15, 0.2) is 43.1 Å². The number of fused-ring (bicyclic) bond motifs is 1. The molecule has 2 saturated carbocycles. The first kappa shape index (κ1) is 37.3. The Kier molecular flexibility index (Phi) is 12.0. The van der Waals surface area contributed by atoms with E-state index >= 15 is 0 Å². The van der Waals surface area contributed by atoms with E-state index in [9.17, 15) is 22.8 Å². The summed E-state index contributed by atoms with van der Waals surface area (Å²) >= 11 is 0. The molecule has 2 unspecified atom stereocenters. The number of ether oxygens (including phenoxy) is 2. The van der Waals surface area contributed by atoms with Gasteiger partial charge in [-0.05, 0) is 61.9 Å². The van der Waals surface area contributed by atoms with Gasteiger partial charge in [-0.1, -0.05) is 26.3 Å². The number of likely N-dealkylation sites (N-methyl/N-ethyl adjacent to an activating group) is 1. The van der Waals surface area contributed by atoms with Gasteiger partial charge in [0.2, 0.25) is 27.7 Å². The molecule has 46 heavy (non-hydrogen) atoms. The highest BCUT2D eigenvalue weighted by atomic mass is 35.5. The maximum atomic E-state index is 14.0. The Hall–Kier alpha value is -3.13. The number of hydrogen-bond donors (Lipinski definition) is 3. The van der Waals surface area contributed by atoms with Crippen molar-refractivity contribution in [2.45, 2.75) is 74.9 Å². The summed E-state index contributed by atoms with van der Waals surface area (Å²) in [5, 5.41) is 6.93. The standard InChI is InChI=1S/C31H41N5O7S.2ClH/c1-6-18(3)26(32-4)29(38)36-17-22(43-28-24-11-8-21(42-5)14-19(24)12-13-33-28)15-25(36)27(37)34-31(16-20(31)7-2)30(39)35-44(40,41)23-9-10-23;;/h7-8,11-14,18,20,22-23,25-26,32H,2,6,9-10,15-17H2,1,3-5H3,(H,34,37)(H,35,39);2*1H/t18-,20+,22?,25-,26?,31+;;/m0../s1. The maximum absolute atomic E-state index is 14.0. The third-order valence-corrected chi connectivity index (χ3v) is 10.9. The largest absolute Gasteiger partial charge is 0.497 e. The van der Waals surface area contributed by atoms with Gasteiger partial charge in [0.1, 0.15) is 23.4 Å². The van der Waals surface area contributed by atoms with E-state index in [1.807, 2.05) is 32.0 Å². The normalized spacial score (nSPS) is 24.9. The van der Waals surface area contributed by atoms with Crippen LogP contribution in [0.3, 0.4) is 0 Å². The number of pyridine rings is 1. The quantitative estimate of drug-likeness (QED) is 0.268. The second-order valence-electron chi connectivity index (χ2n) is 12.0. The van der Waals surface area contributed by atoms with Gasteiger partial charge >= 0.3 is 0 Å². The van der Waals surface area contributed by atoms with E-state index in [1.54, 1.807) is 26.4 Å². The number of halogens is 2. The highest BCUT2D eigenvalue weighted by Crippen LogP contribution is 2.45. The number of rotatable bonds is 13. The van der Waals surface area contributed by atoms with Crippen molar-refractivity contribution in [1.29, 1.82) is 0 Å². The van der Waals surface area contributed by atoms with Crippen molar-refractivity contribution in [1.82, 2.24) is 25.2 Å². The topological polar surface area (TPSA) is 156 Å². The number of aromatic nitrogens is 1. The Morgan fingerprint density at radius 3 is 2.52 bits per heavy atom. The van der Waals surface area contributed by atoms with Crippen molar-refractivity contribution in [3.8, 4) is 11.6 Å². The van der Waals surface area contributed by atoms with Gasteiger partial charge in [0.15, 0.2) is 0 Å². The van der Waals surface area contributed by atoms with Crippen LogP contribution < -0.4 is 24.8 Å². The van der Waals surface area contributed by atoms with Gasteiger partial charge in [-0.2, -0.15) is 0 Å². The van der Waals surface area contributed by atoms with Crippen molar-refractivity contribution < 1.29 is 32.3 Å². The highest BCUT2D eigenvalue weighted by Gasteiger charge is 2.62. The molecule has 12 nitrogen and oxygen atoms in total. The smallest absolute Gasteiger partial charge is 0.259 e. The molecule has 15 heteroatoms. The van der Waals surface area contributed by atoms with Crippen LogP contribution in [0.4, 0.5) is 0 Å². The summed E-state index contributed by atoms with van der Waals surface area (Å²) < 4.78 is 38.9. The lowest BCUT2D eigenvalue weighted by Gasteiger charge is -2.31. The summed E-state index contributed by atoms with van der Waals surface area (Å²) in [5.41, 5.74) is -1.45. The first-order valence-corrected chi connectivity index (χ1v) is 16.6. The lowest BCUT2D eigenvalue weighted by molar-refractivity contribution is -0.142. The Labute approximate surface area is 282 Å². The maximum Gasteiger partial charge on any atom is 0.259 e. The third-order valence-electron chi connectivity index (χ3n) is 9.10. The monoisotopic (exact) mass is 699 g/mol. The number of hydrogen-bond acceptors (Lipinski definition) is 9. The Morgan fingerprint density at radius 1 is 1.22 bits per heavy atom. The first-order chi connectivity index (χ1) is 21.0. The lowest BCUT2D eigenvalue weighted by Crippen LogP contribution is -2.58. The SMILES string of the molecule is C=C[C@@H]1C[C@]1(NC(=O)[C@@H]1CC(Oc2nccc3cc(OC)ccc23)CN1C(=O)C(NC)[C@@H](C)CC)C(=O)NS(=O)(=O)C1CC1.Cl.Cl. The van der Waals surface area contributed by atoms with Crippen molar-refractivity contribution in [2.75, 3.05) is 20.7 Å². The predicted octanol–water partition coefficient (Wildman–Crippen LogP) is 2.74. The molecule has 1 aromatic heterocycles. The van der Waals surface area contributed by atoms with Crippen LogP contribution in [-0.2, 0) is 24.4 Å². The van der Waals surface area contributed by atoms with Gasteiger partial charge < -0.3 is 25.0 Å². The summed E-state index contributed by atoms with van der Waals surface area (Å²) in [6.07, 6.45) is 4.69. The molecule has 6 atom stereocenters. The minimum atomic E-state index is -3.83. The fourth-order valence-electron chi connectivity index (χ4n) is 5.97. The minimum Gasteiger partial charge on any atom is -0.497 e. The third kappa shape index (κ3) is 7.37. The van der Waals surface area contributed by atoms with Crippen LogP contribution >= 0.6 is 24.8 Å². The summed E-state index contributed by atoms with van der Waals surface area (Å²) in [6.45, 7) is 7.84. The van der Waals surface area contributed by atoms with E-state index in [0.29, 0.717) is 24.5 Å². The summed E-state index contributed by atoms with van der Waals surface area (Å²) in [4.78, 5) is 47.1. The van der Waals surface area contributed by atoms with Gasteiger partial charge in [0.05, 0.1) is 24.9 Å². The van der Waals surface area contributed by atoms with E-state index in [0.717, 1.165) is 17.2 Å². The van der Waals surface area contributed by atoms with Crippen LogP contribution in [0.2, 0.25) is 0 Å². The molecule has 3 amide bonds. The number of methoxy groups -OCH3 is 1. The summed E-state index contributed by atoms with van der Waals surface area (Å²) in [6, 6.07) is 5.86. The number of sulfonamides is 1. The number of carbonyl (C=O) groups is 3. The van der Waals surface area contributed by atoms with E-state index in [2.05, 4.69) is 26.9 Å². The number of benzene rings is 1. The number of amides is 3. The molecule has 0 spiro atoms. The molecule has 0 bridgehead atoms. The van der Waals surface area contributed by atoms with Crippen LogP contribution in [-0.4, -0.2) is 85.7 Å². The van der Waals surface area contributed by atoms with Crippen LogP contribution in [0, 0.1) is 11.8 Å². The van der Waals surface area contributed by atoms with Crippen molar-refractivity contribution in [3.05, 3.63) is 43.1 Å². The zero-order chi connectivity index (χ0) is 31.8. The van der Waals surface area contributed by atoms with E-state index < -0.39 is 56.7 Å². The fraction of sp³-hybridized carbons (Fsp3) is 0.548. The molecule has 1 saturated heterocycles. The minimum absolute atomic E-state index is 0. The van der Waals surface area contributed by atoms with Gasteiger partial charge in [0.25, 0.3) is 5.91 Å². The zero-order valence-electron chi connectivity index (χ0n) is 26.4. The fourth-order valence-corrected chi connectivity index (χ4v) is 7.33. The Balaban J connectivity index is 0.00000288. The predicted molar refractivity (Wildman–Crippen MR) is 179 cm³/mol. The first-order valence-electron chi connectivity index (χ1n) is 15.1. The lowest BCUT2D eigenvalue weighted by atomic mass is 9.97. The molecule has 0 radical (unpaired) electrons. The van der Waals surface area contributed by atoms with E-state index in [1.165, 1.54) is 11.0 Å². The van der Waals surface area contributed by atoms with Crippen LogP contribution in [0.25, 0.3) is 10.8 Å². The molecule has 254 valence electrons. The van der Waals surface area contributed by atoms with Gasteiger partial charge in [-0.15, -0.1) is 31.4 Å². The van der Waals surface area contributed by atoms with Crippen LogP contribution in [0.1, 0.15) is 46.0 Å². The van der Waals surface area contributed by atoms with Crippen molar-refractivity contribution >= 4 is 63.3 Å². The Bertz CT molecular complexity index is 1570. The molecule has 2 aromatic rings. The van der Waals surface area contributed by atoms with Gasteiger partial charge in [-0.25, -0.2) is 13.4 Å². The average Bonchev–Trinajstić information content (AvgIpc) is 3.94. The number of carbonyl (C=O) groups excluding carboxylic acids is 3. The molecule has 5 rings (SSSR count). The molecule has 2 aliphatic carbocycles.